The molecule has 0 aromatic rings. The zero-order valence-electron chi connectivity index (χ0n) is 4.70. The van der Waals surface area contributed by atoms with Crippen LogP contribution in [0.3, 0.4) is 0 Å². The number of rotatable bonds is 0. The van der Waals surface area contributed by atoms with Gasteiger partial charge >= 0.3 is 0 Å². The van der Waals surface area contributed by atoms with E-state index in [2.05, 4.69) is 0 Å². The molecule has 3 heteroatoms. The number of hydrogen-bond donors (Lipinski definition) is 1. The Hall–Kier alpha value is -0.750. The molecule has 0 radical (unpaired) electrons. The number of aliphatic hydroxyl groups excluding tert-OH is 1. The van der Waals surface area contributed by atoms with Crippen LogP contribution in [0, 0.1) is 11.5 Å². The monoisotopic (exact) mass is 112 g/mol. The van der Waals surface area contributed by atoms with Crippen LogP contribution in [0.15, 0.2) is 0 Å². The van der Waals surface area contributed by atoms with Crippen molar-refractivity contribution in [2.45, 2.75) is 19.1 Å². The van der Waals surface area contributed by atoms with Crippen molar-refractivity contribution in [1.29, 1.82) is 5.26 Å². The molecule has 0 spiro atoms. The van der Waals surface area contributed by atoms with E-state index in [4.69, 9.17) is 10.4 Å². The van der Waals surface area contributed by atoms with Gasteiger partial charge in [-0.25, -0.2) is 0 Å². The predicted molar refractivity (Wildman–Crippen MR) is 27.8 cm³/mol. The average molecular weight is 112 g/mol. The molecule has 1 fully saturated rings. The zero-order chi connectivity index (χ0) is 6.15. The molecule has 0 aliphatic carbocycles. The van der Waals surface area contributed by atoms with Gasteiger partial charge in [0.2, 0.25) is 0 Å². The van der Waals surface area contributed by atoms with Crippen LogP contribution in [0.5, 0.6) is 0 Å². The third kappa shape index (κ3) is 0.540. The van der Waals surface area contributed by atoms with Crippen molar-refractivity contribution >= 4 is 0 Å². The molecule has 2 atom stereocenters. The summed E-state index contributed by atoms with van der Waals surface area (Å²) in [5.41, 5.74) is 0. The van der Waals surface area contributed by atoms with E-state index in [9.17, 15) is 0 Å². The van der Waals surface area contributed by atoms with E-state index in [0.717, 1.165) is 0 Å². The van der Waals surface area contributed by atoms with Gasteiger partial charge in [0.1, 0.15) is 0 Å². The van der Waals surface area contributed by atoms with Crippen LogP contribution >= 0.6 is 0 Å². The molecular weight excluding hydrogens is 104 g/mol. The highest BCUT2D eigenvalue weighted by atomic mass is 16.3. The topological polar surface area (TPSA) is 47.3 Å². The van der Waals surface area contributed by atoms with E-state index in [1.165, 1.54) is 0 Å². The summed E-state index contributed by atoms with van der Waals surface area (Å²) in [5.74, 6) is 0. The van der Waals surface area contributed by atoms with Gasteiger partial charge in [0.05, 0.1) is 18.7 Å². The third-order valence-corrected chi connectivity index (χ3v) is 1.56. The van der Waals surface area contributed by atoms with Gasteiger partial charge in [0.15, 0.2) is 6.19 Å². The van der Waals surface area contributed by atoms with Crippen molar-refractivity contribution in [1.82, 2.24) is 4.90 Å². The van der Waals surface area contributed by atoms with Crippen LogP contribution in [0.25, 0.3) is 0 Å². The fourth-order valence-corrected chi connectivity index (χ4v) is 0.722. The first-order chi connectivity index (χ1) is 3.75. The molecule has 8 heavy (non-hydrogen) atoms. The van der Waals surface area contributed by atoms with Crippen molar-refractivity contribution in [2.75, 3.05) is 6.54 Å². The van der Waals surface area contributed by atoms with Gasteiger partial charge in [-0.05, 0) is 6.92 Å². The molecular formula is C5H8N2O. The van der Waals surface area contributed by atoms with Crippen molar-refractivity contribution in [2.24, 2.45) is 0 Å². The van der Waals surface area contributed by atoms with Gasteiger partial charge in [0.25, 0.3) is 0 Å². The average Bonchev–Trinajstić information content (AvgIpc) is 1.81. The first kappa shape index (κ1) is 5.39. The van der Waals surface area contributed by atoms with Crippen LogP contribution in [0.1, 0.15) is 6.92 Å². The lowest BCUT2D eigenvalue weighted by atomic mass is 10.0. The summed E-state index contributed by atoms with van der Waals surface area (Å²) in [6.45, 7) is 2.34. The van der Waals surface area contributed by atoms with E-state index in [-0.39, 0.29) is 12.1 Å². The summed E-state index contributed by atoms with van der Waals surface area (Å²) < 4.78 is 0. The highest BCUT2D eigenvalue weighted by Crippen LogP contribution is 2.14. The second-order valence-corrected chi connectivity index (χ2v) is 2.06. The van der Waals surface area contributed by atoms with E-state index in [1.54, 1.807) is 4.90 Å². The van der Waals surface area contributed by atoms with Gasteiger partial charge < -0.3 is 10.0 Å². The summed E-state index contributed by atoms with van der Waals surface area (Å²) in [4.78, 5) is 1.55. The maximum absolute atomic E-state index is 8.83. The predicted octanol–water partition coefficient (Wildman–Crippen LogP) is -0.468. The molecule has 44 valence electrons. The van der Waals surface area contributed by atoms with Gasteiger partial charge in [0, 0.05) is 0 Å². The fourth-order valence-electron chi connectivity index (χ4n) is 0.722. The highest BCUT2D eigenvalue weighted by Gasteiger charge is 2.32. The quantitative estimate of drug-likeness (QED) is 0.431. The molecule has 2 unspecified atom stereocenters. The van der Waals surface area contributed by atoms with Crippen LogP contribution in [0.2, 0.25) is 0 Å². The smallest absolute Gasteiger partial charge is 0.179 e. The largest absolute Gasteiger partial charge is 0.389 e. The zero-order valence-corrected chi connectivity index (χ0v) is 4.70. The minimum Gasteiger partial charge on any atom is -0.389 e. The lowest BCUT2D eigenvalue weighted by Gasteiger charge is -2.38. The van der Waals surface area contributed by atoms with Crippen LogP contribution in [0.4, 0.5) is 0 Å². The van der Waals surface area contributed by atoms with Crippen molar-refractivity contribution in [3.8, 4) is 6.19 Å². The normalized spacial score (nSPS) is 35.9. The van der Waals surface area contributed by atoms with Crippen molar-refractivity contribution < 1.29 is 5.11 Å². The molecule has 0 amide bonds. The number of nitriles is 1. The van der Waals surface area contributed by atoms with Crippen LogP contribution in [-0.4, -0.2) is 28.7 Å². The van der Waals surface area contributed by atoms with Crippen molar-refractivity contribution in [3.63, 3.8) is 0 Å². The minimum atomic E-state index is -0.283. The minimum absolute atomic E-state index is 0.0417. The van der Waals surface area contributed by atoms with E-state index in [1.807, 2.05) is 13.1 Å². The number of aliphatic hydroxyl groups is 1. The Kier molecular flexibility index (Phi) is 1.10. The SMILES string of the molecule is CC1C(O)CN1C#N. The van der Waals surface area contributed by atoms with Gasteiger partial charge in [-0.2, -0.15) is 5.26 Å². The van der Waals surface area contributed by atoms with Gasteiger partial charge in [-0.15, -0.1) is 0 Å². The molecule has 1 rings (SSSR count). The number of hydrogen-bond acceptors (Lipinski definition) is 3. The molecule has 1 aliphatic heterocycles. The Morgan fingerprint density at radius 2 is 2.50 bits per heavy atom. The summed E-state index contributed by atoms with van der Waals surface area (Å²) in [6.07, 6.45) is 1.67. The molecule has 1 heterocycles. The second kappa shape index (κ2) is 1.64. The first-order valence-electron chi connectivity index (χ1n) is 2.60. The standard InChI is InChI=1S/C5H8N2O/c1-4-5(8)2-7(4)3-6/h4-5,8H,2H2,1H3. The number of β-amino-alcohol motifs (C(OH)–C–C–N with tert-alkyl or cyclic N) is 1. The van der Waals surface area contributed by atoms with Crippen molar-refractivity contribution in [3.05, 3.63) is 0 Å². The summed E-state index contributed by atoms with van der Waals surface area (Å²) in [7, 11) is 0. The lowest BCUT2D eigenvalue weighted by molar-refractivity contribution is -0.0159. The second-order valence-electron chi connectivity index (χ2n) is 2.06. The molecule has 3 nitrogen and oxygen atoms in total. The third-order valence-electron chi connectivity index (χ3n) is 1.56. The Morgan fingerprint density at radius 3 is 2.62 bits per heavy atom. The highest BCUT2D eigenvalue weighted by molar-refractivity contribution is 4.95. The Morgan fingerprint density at radius 1 is 1.88 bits per heavy atom. The molecule has 0 aromatic heterocycles. The maximum atomic E-state index is 8.83. The fraction of sp³-hybridized carbons (Fsp3) is 0.800. The maximum Gasteiger partial charge on any atom is 0.179 e. The number of likely N-dealkylation sites (tertiary alicyclic amines) is 1. The molecule has 0 bridgehead atoms. The van der Waals surface area contributed by atoms with Gasteiger partial charge in [-0.3, -0.25) is 0 Å². The van der Waals surface area contributed by atoms with E-state index >= 15 is 0 Å². The van der Waals surface area contributed by atoms with E-state index < -0.39 is 0 Å². The molecule has 1 saturated heterocycles. The molecule has 0 saturated carbocycles. The Bertz CT molecular complexity index is 129. The number of nitrogens with zero attached hydrogens (tertiary/aromatic N) is 2. The Labute approximate surface area is 48.1 Å². The summed E-state index contributed by atoms with van der Waals surface area (Å²) in [5, 5.41) is 17.1. The molecule has 0 aromatic carbocycles. The summed E-state index contributed by atoms with van der Waals surface area (Å²) in [6, 6.07) is 0.0417. The molecule has 1 N–H and O–H groups in total. The van der Waals surface area contributed by atoms with Crippen LogP contribution < -0.4 is 0 Å². The first-order valence-corrected chi connectivity index (χ1v) is 2.60. The summed E-state index contributed by atoms with van der Waals surface area (Å²) >= 11 is 0. The lowest BCUT2D eigenvalue weighted by Crippen LogP contribution is -2.55. The van der Waals surface area contributed by atoms with E-state index in [0.29, 0.717) is 6.54 Å². The van der Waals surface area contributed by atoms with Crippen LogP contribution in [-0.2, 0) is 0 Å². The Balaban J connectivity index is 2.39. The van der Waals surface area contributed by atoms with Gasteiger partial charge in [-0.1, -0.05) is 0 Å². The molecule has 1 aliphatic rings.